The maximum absolute atomic E-state index is 12.9. The van der Waals surface area contributed by atoms with Crippen molar-refractivity contribution in [2.75, 3.05) is 18.0 Å². The van der Waals surface area contributed by atoms with Crippen LogP contribution in [0.3, 0.4) is 0 Å². The van der Waals surface area contributed by atoms with Crippen LogP contribution in [0, 0.1) is 17.5 Å². The molecule has 15 heavy (non-hydrogen) atoms. The van der Waals surface area contributed by atoms with Crippen LogP contribution in [-0.2, 0) is 0 Å². The Kier molecular flexibility index (Phi) is 2.56. The van der Waals surface area contributed by atoms with Gasteiger partial charge in [0, 0.05) is 37.0 Å². The quantitative estimate of drug-likeness (QED) is 0.723. The molecule has 0 aliphatic carbocycles. The summed E-state index contributed by atoms with van der Waals surface area (Å²) < 4.78 is 38.5. The average Bonchev–Trinajstić information content (AvgIpc) is 2.60. The minimum atomic E-state index is -1.43. The molecule has 2 rings (SSSR count). The molecule has 0 saturated carbocycles. The molecule has 1 aromatic carbocycles. The third-order valence-electron chi connectivity index (χ3n) is 2.56. The fourth-order valence-electron chi connectivity index (χ4n) is 1.75. The van der Waals surface area contributed by atoms with Crippen LogP contribution >= 0.6 is 0 Å². The number of nitrogens with two attached hydrogens (primary N) is 1. The molecule has 0 bridgehead atoms. The van der Waals surface area contributed by atoms with Crippen molar-refractivity contribution in [3.05, 3.63) is 29.6 Å². The lowest BCUT2D eigenvalue weighted by molar-refractivity contribution is 0.447. The molecule has 1 aromatic rings. The monoisotopic (exact) mass is 216 g/mol. The second-order valence-electron chi connectivity index (χ2n) is 3.72. The molecule has 1 atom stereocenters. The van der Waals surface area contributed by atoms with Crippen LogP contribution in [0.2, 0.25) is 0 Å². The molecule has 82 valence electrons. The van der Waals surface area contributed by atoms with Gasteiger partial charge in [0.15, 0.2) is 17.5 Å². The number of nitrogens with zero attached hydrogens (tertiary/aromatic N) is 1. The van der Waals surface area contributed by atoms with Crippen molar-refractivity contribution < 1.29 is 13.2 Å². The molecule has 1 fully saturated rings. The van der Waals surface area contributed by atoms with E-state index in [-0.39, 0.29) is 6.04 Å². The van der Waals surface area contributed by atoms with Crippen LogP contribution in [0.1, 0.15) is 6.42 Å². The van der Waals surface area contributed by atoms with Crippen LogP contribution in [0.4, 0.5) is 18.9 Å². The van der Waals surface area contributed by atoms with E-state index in [1.807, 2.05) is 0 Å². The SMILES string of the molecule is NC1CCN(c2cc(F)c(F)c(F)c2)C1. The zero-order valence-corrected chi connectivity index (χ0v) is 8.01. The first-order chi connectivity index (χ1) is 7.08. The molecule has 0 radical (unpaired) electrons. The maximum atomic E-state index is 12.9. The minimum absolute atomic E-state index is 0.0150. The summed E-state index contributed by atoms with van der Waals surface area (Å²) in [6, 6.07) is 2.01. The van der Waals surface area contributed by atoms with Crippen molar-refractivity contribution in [3.8, 4) is 0 Å². The van der Waals surface area contributed by atoms with Crippen molar-refractivity contribution in [3.63, 3.8) is 0 Å². The van der Waals surface area contributed by atoms with E-state index in [9.17, 15) is 13.2 Å². The Morgan fingerprint density at radius 2 is 1.80 bits per heavy atom. The van der Waals surface area contributed by atoms with Gasteiger partial charge in [-0.2, -0.15) is 0 Å². The summed E-state index contributed by atoms with van der Waals surface area (Å²) in [6.07, 6.45) is 0.778. The summed E-state index contributed by atoms with van der Waals surface area (Å²) in [7, 11) is 0. The predicted octanol–water partition coefficient (Wildman–Crippen LogP) is 1.64. The second kappa shape index (κ2) is 3.73. The average molecular weight is 216 g/mol. The van der Waals surface area contributed by atoms with E-state index in [2.05, 4.69) is 0 Å². The Morgan fingerprint density at radius 3 is 2.27 bits per heavy atom. The maximum Gasteiger partial charge on any atom is 0.194 e. The van der Waals surface area contributed by atoms with E-state index in [0.717, 1.165) is 18.6 Å². The predicted molar refractivity (Wildman–Crippen MR) is 51.1 cm³/mol. The molecule has 0 amide bonds. The zero-order valence-electron chi connectivity index (χ0n) is 8.01. The summed E-state index contributed by atoms with van der Waals surface area (Å²) in [5.74, 6) is -3.75. The Hall–Kier alpha value is -1.23. The van der Waals surface area contributed by atoms with Gasteiger partial charge in [0.05, 0.1) is 0 Å². The Bertz CT molecular complexity index is 358. The van der Waals surface area contributed by atoms with Gasteiger partial charge in [-0.05, 0) is 6.42 Å². The molecule has 0 aromatic heterocycles. The van der Waals surface area contributed by atoms with Gasteiger partial charge in [-0.25, -0.2) is 13.2 Å². The first-order valence-corrected chi connectivity index (χ1v) is 4.73. The first kappa shape index (κ1) is 10.3. The summed E-state index contributed by atoms with van der Waals surface area (Å²) in [4.78, 5) is 1.75. The van der Waals surface area contributed by atoms with Gasteiger partial charge < -0.3 is 10.6 Å². The van der Waals surface area contributed by atoms with Crippen molar-refractivity contribution in [1.29, 1.82) is 0 Å². The molecule has 1 aliphatic rings. The minimum Gasteiger partial charge on any atom is -0.370 e. The van der Waals surface area contributed by atoms with Crippen LogP contribution < -0.4 is 10.6 Å². The van der Waals surface area contributed by atoms with Crippen LogP contribution in [0.5, 0.6) is 0 Å². The molecule has 1 heterocycles. The topological polar surface area (TPSA) is 29.3 Å². The summed E-state index contributed by atoms with van der Waals surface area (Å²) >= 11 is 0. The van der Waals surface area contributed by atoms with E-state index in [1.54, 1.807) is 4.90 Å². The Labute approximate surface area is 85.5 Å². The summed E-state index contributed by atoms with van der Waals surface area (Å²) in [6.45, 7) is 1.19. The number of halogens is 3. The van der Waals surface area contributed by atoms with Gasteiger partial charge in [-0.3, -0.25) is 0 Å². The molecular formula is C10H11F3N2. The van der Waals surface area contributed by atoms with Gasteiger partial charge in [-0.1, -0.05) is 0 Å². The molecule has 2 nitrogen and oxygen atoms in total. The van der Waals surface area contributed by atoms with Gasteiger partial charge >= 0.3 is 0 Å². The molecule has 2 N–H and O–H groups in total. The summed E-state index contributed by atoms with van der Waals surface area (Å²) in [5.41, 5.74) is 6.01. The molecule has 1 saturated heterocycles. The molecule has 5 heteroatoms. The Morgan fingerprint density at radius 1 is 1.20 bits per heavy atom. The number of benzene rings is 1. The Balaban J connectivity index is 2.29. The van der Waals surface area contributed by atoms with Gasteiger partial charge in [0.1, 0.15) is 0 Å². The molecule has 1 unspecified atom stereocenters. The van der Waals surface area contributed by atoms with Crippen LogP contribution in [0.25, 0.3) is 0 Å². The van der Waals surface area contributed by atoms with Gasteiger partial charge in [0.25, 0.3) is 0 Å². The van der Waals surface area contributed by atoms with Crippen molar-refractivity contribution in [2.24, 2.45) is 5.73 Å². The number of anilines is 1. The van der Waals surface area contributed by atoms with E-state index in [0.29, 0.717) is 18.8 Å². The highest BCUT2D eigenvalue weighted by atomic mass is 19.2. The lowest BCUT2D eigenvalue weighted by Crippen LogP contribution is -2.26. The second-order valence-corrected chi connectivity index (χ2v) is 3.72. The molecular weight excluding hydrogens is 205 g/mol. The van der Waals surface area contributed by atoms with Crippen LogP contribution in [0.15, 0.2) is 12.1 Å². The highest BCUT2D eigenvalue weighted by molar-refractivity contribution is 5.48. The highest BCUT2D eigenvalue weighted by Gasteiger charge is 2.21. The smallest absolute Gasteiger partial charge is 0.194 e. The fraction of sp³-hybridized carbons (Fsp3) is 0.400. The standard InChI is InChI=1S/C10H11F3N2/c11-8-3-7(4-9(12)10(8)13)15-2-1-6(14)5-15/h3-4,6H,1-2,5,14H2. The largest absolute Gasteiger partial charge is 0.370 e. The number of hydrogen-bond donors (Lipinski definition) is 1. The van der Waals surface area contributed by atoms with Crippen molar-refractivity contribution >= 4 is 5.69 Å². The molecule has 1 aliphatic heterocycles. The number of hydrogen-bond acceptors (Lipinski definition) is 2. The summed E-state index contributed by atoms with van der Waals surface area (Å²) in [5, 5.41) is 0. The zero-order chi connectivity index (χ0) is 11.0. The van der Waals surface area contributed by atoms with E-state index in [4.69, 9.17) is 5.73 Å². The highest BCUT2D eigenvalue weighted by Crippen LogP contribution is 2.23. The lowest BCUT2D eigenvalue weighted by atomic mass is 10.2. The van der Waals surface area contributed by atoms with Crippen LogP contribution in [-0.4, -0.2) is 19.1 Å². The van der Waals surface area contributed by atoms with E-state index >= 15 is 0 Å². The lowest BCUT2D eigenvalue weighted by Gasteiger charge is -2.18. The third kappa shape index (κ3) is 1.92. The van der Waals surface area contributed by atoms with E-state index < -0.39 is 17.5 Å². The first-order valence-electron chi connectivity index (χ1n) is 4.73. The fourth-order valence-corrected chi connectivity index (χ4v) is 1.75. The van der Waals surface area contributed by atoms with Gasteiger partial charge in [0.2, 0.25) is 0 Å². The van der Waals surface area contributed by atoms with Gasteiger partial charge in [-0.15, -0.1) is 0 Å². The molecule has 0 spiro atoms. The normalized spacial score (nSPS) is 21.1. The van der Waals surface area contributed by atoms with Crippen molar-refractivity contribution in [2.45, 2.75) is 12.5 Å². The van der Waals surface area contributed by atoms with Crippen molar-refractivity contribution in [1.82, 2.24) is 0 Å². The third-order valence-corrected chi connectivity index (χ3v) is 2.56. The number of rotatable bonds is 1. The van der Waals surface area contributed by atoms with E-state index in [1.165, 1.54) is 0 Å².